The van der Waals surface area contributed by atoms with Crippen LogP contribution < -0.4 is 5.32 Å². The van der Waals surface area contributed by atoms with E-state index in [0.29, 0.717) is 16.7 Å². The highest BCUT2D eigenvalue weighted by Crippen LogP contribution is 2.48. The Bertz CT molecular complexity index is 430. The number of hydrogen-bond acceptors (Lipinski definition) is 2. The van der Waals surface area contributed by atoms with E-state index >= 15 is 0 Å². The van der Waals surface area contributed by atoms with Crippen LogP contribution in [0, 0.1) is 22.6 Å². The lowest BCUT2D eigenvalue weighted by Gasteiger charge is -2.14. The quantitative estimate of drug-likeness (QED) is 0.841. The Labute approximate surface area is 95.1 Å². The van der Waals surface area contributed by atoms with Gasteiger partial charge in [0.15, 0.2) is 0 Å². The van der Waals surface area contributed by atoms with Gasteiger partial charge in [0, 0.05) is 12.2 Å². The highest BCUT2D eigenvalue weighted by molar-refractivity contribution is 5.50. The molecule has 0 radical (unpaired) electrons. The standard InChI is InChI=1S/C13H15FN2/c1-2-13(3-4-13)9-16-12-6-10(8-15)5-11(14)7-12/h5-7,16H,2-4,9H2,1H3. The molecule has 2 rings (SSSR count). The Morgan fingerprint density at radius 3 is 2.75 bits per heavy atom. The zero-order valence-corrected chi connectivity index (χ0v) is 9.39. The Morgan fingerprint density at radius 1 is 1.44 bits per heavy atom. The smallest absolute Gasteiger partial charge is 0.126 e. The van der Waals surface area contributed by atoms with Gasteiger partial charge in [-0.2, -0.15) is 5.26 Å². The summed E-state index contributed by atoms with van der Waals surface area (Å²) >= 11 is 0. The Hall–Kier alpha value is -1.56. The number of benzene rings is 1. The molecule has 16 heavy (non-hydrogen) atoms. The minimum absolute atomic E-state index is 0.358. The van der Waals surface area contributed by atoms with Gasteiger partial charge >= 0.3 is 0 Å². The van der Waals surface area contributed by atoms with Gasteiger partial charge in [-0.1, -0.05) is 6.92 Å². The van der Waals surface area contributed by atoms with Gasteiger partial charge in [0.05, 0.1) is 11.6 Å². The number of hydrogen-bond donors (Lipinski definition) is 1. The fraction of sp³-hybridized carbons (Fsp3) is 0.462. The lowest BCUT2D eigenvalue weighted by molar-refractivity contribution is 0.521. The summed E-state index contributed by atoms with van der Waals surface area (Å²) in [5.74, 6) is -0.358. The summed E-state index contributed by atoms with van der Waals surface area (Å²) in [7, 11) is 0. The molecule has 0 heterocycles. The van der Waals surface area contributed by atoms with Crippen LogP contribution in [0.4, 0.5) is 10.1 Å². The van der Waals surface area contributed by atoms with E-state index < -0.39 is 0 Å². The maximum atomic E-state index is 13.1. The normalized spacial score (nSPS) is 16.6. The fourth-order valence-corrected chi connectivity index (χ4v) is 1.88. The van der Waals surface area contributed by atoms with Crippen LogP contribution in [-0.2, 0) is 0 Å². The molecule has 1 aromatic carbocycles. The number of halogens is 1. The molecule has 0 spiro atoms. The van der Waals surface area contributed by atoms with E-state index in [9.17, 15) is 4.39 Å². The van der Waals surface area contributed by atoms with E-state index in [1.807, 2.05) is 6.07 Å². The van der Waals surface area contributed by atoms with Gasteiger partial charge in [0.2, 0.25) is 0 Å². The van der Waals surface area contributed by atoms with Gasteiger partial charge < -0.3 is 5.32 Å². The molecule has 0 aliphatic heterocycles. The third-order valence-electron chi connectivity index (χ3n) is 3.40. The third-order valence-corrected chi connectivity index (χ3v) is 3.40. The Kier molecular flexibility index (Phi) is 2.82. The van der Waals surface area contributed by atoms with E-state index in [1.165, 1.54) is 25.0 Å². The van der Waals surface area contributed by atoms with Crippen molar-refractivity contribution >= 4 is 5.69 Å². The maximum Gasteiger partial charge on any atom is 0.126 e. The number of nitrogens with one attached hydrogen (secondary N) is 1. The molecule has 1 fully saturated rings. The molecule has 1 saturated carbocycles. The summed E-state index contributed by atoms with van der Waals surface area (Å²) < 4.78 is 13.1. The first kappa shape index (κ1) is 10.9. The lowest BCUT2D eigenvalue weighted by atomic mass is 10.0. The highest BCUT2D eigenvalue weighted by atomic mass is 19.1. The summed E-state index contributed by atoms with van der Waals surface area (Å²) in [6.07, 6.45) is 3.65. The fourth-order valence-electron chi connectivity index (χ4n) is 1.88. The molecule has 0 bridgehead atoms. The van der Waals surface area contributed by atoms with Crippen molar-refractivity contribution in [1.82, 2.24) is 0 Å². The molecule has 0 aromatic heterocycles. The highest BCUT2D eigenvalue weighted by Gasteiger charge is 2.40. The van der Waals surface area contributed by atoms with Gasteiger partial charge in [-0.25, -0.2) is 4.39 Å². The van der Waals surface area contributed by atoms with Gasteiger partial charge in [-0.3, -0.25) is 0 Å². The second-order valence-electron chi connectivity index (χ2n) is 4.55. The van der Waals surface area contributed by atoms with E-state index in [2.05, 4.69) is 12.2 Å². The van der Waals surface area contributed by atoms with Gasteiger partial charge in [0.25, 0.3) is 0 Å². The topological polar surface area (TPSA) is 35.8 Å². The van der Waals surface area contributed by atoms with E-state index in [4.69, 9.17) is 5.26 Å². The minimum Gasteiger partial charge on any atom is -0.384 e. The lowest BCUT2D eigenvalue weighted by Crippen LogP contribution is -2.14. The van der Waals surface area contributed by atoms with E-state index in [1.54, 1.807) is 6.07 Å². The number of nitrogens with zero attached hydrogens (tertiary/aromatic N) is 1. The van der Waals surface area contributed by atoms with Crippen molar-refractivity contribution in [2.24, 2.45) is 5.41 Å². The van der Waals surface area contributed by atoms with Gasteiger partial charge in [-0.05, 0) is 42.9 Å². The molecule has 0 saturated heterocycles. The van der Waals surface area contributed by atoms with Crippen molar-refractivity contribution in [3.8, 4) is 6.07 Å². The number of rotatable bonds is 4. The summed E-state index contributed by atoms with van der Waals surface area (Å²) in [4.78, 5) is 0. The predicted molar refractivity (Wildman–Crippen MR) is 61.6 cm³/mol. The van der Waals surface area contributed by atoms with Crippen LogP contribution in [0.25, 0.3) is 0 Å². The second kappa shape index (κ2) is 4.13. The van der Waals surface area contributed by atoms with Crippen molar-refractivity contribution in [1.29, 1.82) is 5.26 Å². The van der Waals surface area contributed by atoms with Crippen LogP contribution in [0.1, 0.15) is 31.7 Å². The molecule has 2 nitrogen and oxygen atoms in total. The second-order valence-corrected chi connectivity index (χ2v) is 4.55. The minimum atomic E-state index is -0.358. The third kappa shape index (κ3) is 2.33. The summed E-state index contributed by atoms with van der Waals surface area (Å²) in [6, 6.07) is 6.33. The van der Waals surface area contributed by atoms with Crippen molar-refractivity contribution < 1.29 is 4.39 Å². The maximum absolute atomic E-state index is 13.1. The van der Waals surface area contributed by atoms with E-state index in [-0.39, 0.29) is 5.82 Å². The number of anilines is 1. The molecule has 84 valence electrons. The zero-order valence-electron chi connectivity index (χ0n) is 9.39. The summed E-state index contributed by atoms with van der Waals surface area (Å²) in [6.45, 7) is 3.05. The van der Waals surface area contributed by atoms with Crippen LogP contribution in [-0.4, -0.2) is 6.54 Å². The Morgan fingerprint density at radius 2 is 2.19 bits per heavy atom. The Balaban J connectivity index is 2.04. The molecule has 3 heteroatoms. The van der Waals surface area contributed by atoms with E-state index in [0.717, 1.165) is 13.0 Å². The average molecular weight is 218 g/mol. The van der Waals surface area contributed by atoms with Crippen LogP contribution in [0.5, 0.6) is 0 Å². The average Bonchev–Trinajstić information content (AvgIpc) is 3.06. The molecule has 1 aliphatic rings. The van der Waals surface area contributed by atoms with Crippen LogP contribution >= 0.6 is 0 Å². The van der Waals surface area contributed by atoms with Crippen molar-refractivity contribution in [3.63, 3.8) is 0 Å². The van der Waals surface area contributed by atoms with Crippen LogP contribution in [0.2, 0.25) is 0 Å². The van der Waals surface area contributed by atoms with Gasteiger partial charge in [0.1, 0.15) is 5.82 Å². The van der Waals surface area contributed by atoms with Crippen molar-refractivity contribution in [2.75, 3.05) is 11.9 Å². The SMILES string of the molecule is CCC1(CNc2cc(F)cc(C#N)c2)CC1. The first-order valence-electron chi connectivity index (χ1n) is 5.62. The predicted octanol–water partition coefficient (Wildman–Crippen LogP) is 3.30. The largest absolute Gasteiger partial charge is 0.384 e. The monoisotopic (exact) mass is 218 g/mol. The molecule has 0 amide bonds. The van der Waals surface area contributed by atoms with Crippen molar-refractivity contribution in [2.45, 2.75) is 26.2 Å². The zero-order chi connectivity index (χ0) is 11.6. The molecular weight excluding hydrogens is 203 g/mol. The number of nitriles is 1. The molecular formula is C13H15FN2. The van der Waals surface area contributed by atoms with Crippen LogP contribution in [0.15, 0.2) is 18.2 Å². The molecule has 1 aliphatic carbocycles. The summed E-state index contributed by atoms with van der Waals surface area (Å²) in [5.41, 5.74) is 1.49. The first-order valence-corrected chi connectivity index (χ1v) is 5.62. The molecule has 1 N–H and O–H groups in total. The molecule has 1 aromatic rings. The first-order chi connectivity index (χ1) is 7.67. The summed E-state index contributed by atoms with van der Waals surface area (Å²) in [5, 5.41) is 12.0. The van der Waals surface area contributed by atoms with Crippen molar-refractivity contribution in [3.05, 3.63) is 29.6 Å². The molecule has 0 unspecified atom stereocenters. The molecule has 0 atom stereocenters. The van der Waals surface area contributed by atoms with Crippen LogP contribution in [0.3, 0.4) is 0 Å². The van der Waals surface area contributed by atoms with Gasteiger partial charge in [-0.15, -0.1) is 0 Å².